The van der Waals surface area contributed by atoms with Crippen molar-refractivity contribution in [1.82, 2.24) is 4.98 Å². The molecule has 140 valence electrons. The van der Waals surface area contributed by atoms with Gasteiger partial charge >= 0.3 is 0 Å². The van der Waals surface area contributed by atoms with E-state index in [1.54, 1.807) is 40.1 Å². The highest BCUT2D eigenvalue weighted by Crippen LogP contribution is 2.25. The standard InChI is InChI=1S/C19H24FN3OS2/c1-2-10-23-11-9-16-17(13-23)26-19(21-16)22-18(24)4-3-12-25-15-7-5-14(20)6-8-15/h5-8H,2-4,9-13H2,1H3,(H,21,22,24)/p+1. The van der Waals surface area contributed by atoms with Gasteiger partial charge in [0, 0.05) is 17.7 Å². The summed E-state index contributed by atoms with van der Waals surface area (Å²) < 4.78 is 12.9. The number of carbonyl (C=O) groups is 1. The second kappa shape index (κ2) is 9.48. The molecule has 1 aliphatic heterocycles. The van der Waals surface area contributed by atoms with Crippen LogP contribution in [0.3, 0.4) is 0 Å². The number of benzene rings is 1. The van der Waals surface area contributed by atoms with Crippen molar-refractivity contribution in [3.63, 3.8) is 0 Å². The number of halogens is 1. The molecule has 1 aliphatic rings. The molecule has 0 saturated heterocycles. The number of nitrogens with one attached hydrogen (secondary N) is 2. The molecular weight excluding hydrogens is 369 g/mol. The Morgan fingerprint density at radius 1 is 1.38 bits per heavy atom. The van der Waals surface area contributed by atoms with E-state index in [2.05, 4.69) is 17.2 Å². The molecule has 2 heterocycles. The number of aromatic nitrogens is 1. The number of thioether (sulfide) groups is 1. The highest BCUT2D eigenvalue weighted by molar-refractivity contribution is 7.99. The molecule has 1 amide bonds. The zero-order valence-corrected chi connectivity index (χ0v) is 16.6. The van der Waals surface area contributed by atoms with Gasteiger partial charge in [0.1, 0.15) is 12.4 Å². The van der Waals surface area contributed by atoms with Gasteiger partial charge < -0.3 is 10.2 Å². The van der Waals surface area contributed by atoms with Crippen molar-refractivity contribution >= 4 is 34.1 Å². The van der Waals surface area contributed by atoms with Gasteiger partial charge in [0.2, 0.25) is 5.91 Å². The molecule has 2 aromatic rings. The number of nitrogens with zero attached hydrogens (tertiary/aromatic N) is 1. The molecule has 4 nitrogen and oxygen atoms in total. The number of anilines is 1. The third-order valence-electron chi connectivity index (χ3n) is 4.38. The monoisotopic (exact) mass is 394 g/mol. The van der Waals surface area contributed by atoms with Gasteiger partial charge in [-0.1, -0.05) is 18.3 Å². The molecule has 1 aromatic heterocycles. The lowest BCUT2D eigenvalue weighted by Gasteiger charge is -2.22. The Labute approximate surface area is 162 Å². The molecule has 0 fully saturated rings. The molecule has 0 radical (unpaired) electrons. The van der Waals surface area contributed by atoms with Gasteiger partial charge in [0.25, 0.3) is 0 Å². The molecule has 3 rings (SSSR count). The van der Waals surface area contributed by atoms with Crippen molar-refractivity contribution < 1.29 is 14.1 Å². The first-order valence-corrected chi connectivity index (χ1v) is 10.9. The minimum atomic E-state index is -0.223. The van der Waals surface area contributed by atoms with Crippen LogP contribution in [0, 0.1) is 5.82 Å². The van der Waals surface area contributed by atoms with Crippen molar-refractivity contribution in [2.75, 3.05) is 24.2 Å². The maximum Gasteiger partial charge on any atom is 0.226 e. The molecule has 1 atom stereocenters. The summed E-state index contributed by atoms with van der Waals surface area (Å²) in [5.41, 5.74) is 1.16. The Kier molecular flexibility index (Phi) is 7.05. The average molecular weight is 395 g/mol. The minimum Gasteiger partial charge on any atom is -0.330 e. The molecule has 2 N–H and O–H groups in total. The molecule has 1 unspecified atom stereocenters. The molecule has 0 spiro atoms. The highest BCUT2D eigenvalue weighted by atomic mass is 32.2. The van der Waals surface area contributed by atoms with E-state index in [0.29, 0.717) is 6.42 Å². The van der Waals surface area contributed by atoms with Crippen LogP contribution in [0.2, 0.25) is 0 Å². The van der Waals surface area contributed by atoms with E-state index in [-0.39, 0.29) is 11.7 Å². The first-order chi connectivity index (χ1) is 12.6. The van der Waals surface area contributed by atoms with Gasteiger partial charge in [-0.15, -0.1) is 11.8 Å². The van der Waals surface area contributed by atoms with Crippen LogP contribution in [-0.4, -0.2) is 29.7 Å². The molecule has 0 saturated carbocycles. The normalized spacial score (nSPS) is 16.3. The predicted octanol–water partition coefficient (Wildman–Crippen LogP) is 3.14. The van der Waals surface area contributed by atoms with Crippen molar-refractivity contribution in [3.8, 4) is 0 Å². The maximum absolute atomic E-state index is 12.9. The van der Waals surface area contributed by atoms with E-state index in [1.807, 2.05) is 0 Å². The first-order valence-electron chi connectivity index (χ1n) is 9.14. The Morgan fingerprint density at radius 2 is 2.19 bits per heavy atom. The summed E-state index contributed by atoms with van der Waals surface area (Å²) >= 11 is 3.27. The van der Waals surface area contributed by atoms with Gasteiger partial charge in [-0.05, 0) is 42.9 Å². The van der Waals surface area contributed by atoms with Crippen molar-refractivity contribution in [2.45, 2.75) is 44.0 Å². The summed E-state index contributed by atoms with van der Waals surface area (Å²) in [6, 6.07) is 6.46. The molecule has 0 bridgehead atoms. The van der Waals surface area contributed by atoms with E-state index >= 15 is 0 Å². The van der Waals surface area contributed by atoms with Gasteiger partial charge in [0.15, 0.2) is 5.13 Å². The van der Waals surface area contributed by atoms with Gasteiger partial charge in [-0.3, -0.25) is 4.79 Å². The fourth-order valence-corrected chi connectivity index (χ4v) is 5.03. The first kappa shape index (κ1) is 19.3. The third-order valence-corrected chi connectivity index (χ3v) is 6.50. The Bertz CT molecular complexity index is 733. The van der Waals surface area contributed by atoms with Crippen LogP contribution in [0.5, 0.6) is 0 Å². The molecular formula is C19H25FN3OS2+. The maximum atomic E-state index is 12.9. The molecule has 0 aliphatic carbocycles. The van der Waals surface area contributed by atoms with Gasteiger partial charge in [-0.2, -0.15) is 0 Å². The van der Waals surface area contributed by atoms with Crippen molar-refractivity contribution in [2.24, 2.45) is 0 Å². The van der Waals surface area contributed by atoms with Crippen LogP contribution in [0.25, 0.3) is 0 Å². The van der Waals surface area contributed by atoms with Crippen LogP contribution < -0.4 is 10.2 Å². The van der Waals surface area contributed by atoms with E-state index < -0.39 is 0 Å². The van der Waals surface area contributed by atoms with E-state index in [0.717, 1.165) is 47.4 Å². The third kappa shape index (κ3) is 5.53. The summed E-state index contributed by atoms with van der Waals surface area (Å²) in [5.74, 6) is 0.635. The number of hydrogen-bond donors (Lipinski definition) is 2. The van der Waals surface area contributed by atoms with Crippen molar-refractivity contribution in [3.05, 3.63) is 40.7 Å². The smallest absolute Gasteiger partial charge is 0.226 e. The largest absolute Gasteiger partial charge is 0.330 e. The fourth-order valence-electron chi connectivity index (χ4n) is 3.08. The van der Waals surface area contributed by atoms with Crippen LogP contribution in [-0.2, 0) is 17.8 Å². The highest BCUT2D eigenvalue weighted by Gasteiger charge is 2.23. The van der Waals surface area contributed by atoms with Crippen LogP contribution in [0.15, 0.2) is 29.2 Å². The second-order valence-corrected chi connectivity index (χ2v) is 8.77. The number of fused-ring (bicyclic) bond motifs is 1. The Balaban J connectivity index is 1.40. The number of thiazole rings is 1. The Hall–Kier alpha value is -1.44. The van der Waals surface area contributed by atoms with Crippen LogP contribution in [0.1, 0.15) is 36.8 Å². The van der Waals surface area contributed by atoms with Crippen LogP contribution >= 0.6 is 23.1 Å². The quantitative estimate of drug-likeness (QED) is 0.534. The van der Waals surface area contributed by atoms with E-state index in [1.165, 1.54) is 30.0 Å². The summed E-state index contributed by atoms with van der Waals surface area (Å²) in [4.78, 5) is 20.7. The summed E-state index contributed by atoms with van der Waals surface area (Å²) in [6.45, 7) is 5.59. The fraction of sp³-hybridized carbons (Fsp3) is 0.474. The molecule has 1 aromatic carbocycles. The lowest BCUT2D eigenvalue weighted by molar-refractivity contribution is -0.915. The number of quaternary nitrogens is 1. The number of rotatable bonds is 8. The average Bonchev–Trinajstić information content (AvgIpc) is 3.02. The second-order valence-electron chi connectivity index (χ2n) is 6.52. The van der Waals surface area contributed by atoms with Gasteiger partial charge in [0.05, 0.1) is 23.7 Å². The number of amides is 1. The van der Waals surface area contributed by atoms with Crippen LogP contribution in [0.4, 0.5) is 9.52 Å². The van der Waals surface area contributed by atoms with Crippen molar-refractivity contribution in [1.29, 1.82) is 0 Å². The zero-order chi connectivity index (χ0) is 18.4. The topological polar surface area (TPSA) is 46.4 Å². The number of hydrogen-bond acceptors (Lipinski definition) is 4. The minimum absolute atomic E-state index is 0.0218. The van der Waals surface area contributed by atoms with E-state index in [4.69, 9.17) is 0 Å². The summed E-state index contributed by atoms with van der Waals surface area (Å²) in [7, 11) is 0. The summed E-state index contributed by atoms with van der Waals surface area (Å²) in [5, 5.41) is 3.69. The SMILES string of the molecule is CCC[NH+]1CCc2nc(NC(=O)CCCSc3ccc(F)cc3)sc2C1. The molecule has 26 heavy (non-hydrogen) atoms. The lowest BCUT2D eigenvalue weighted by Crippen LogP contribution is -3.11. The Morgan fingerprint density at radius 3 is 2.96 bits per heavy atom. The predicted molar refractivity (Wildman–Crippen MR) is 105 cm³/mol. The van der Waals surface area contributed by atoms with Gasteiger partial charge in [-0.25, -0.2) is 9.37 Å². The lowest BCUT2D eigenvalue weighted by atomic mass is 10.2. The van der Waals surface area contributed by atoms with E-state index in [9.17, 15) is 9.18 Å². The zero-order valence-electron chi connectivity index (χ0n) is 15.0. The number of carbonyl (C=O) groups excluding carboxylic acids is 1. The molecule has 7 heteroatoms. The summed E-state index contributed by atoms with van der Waals surface area (Å²) in [6.07, 6.45) is 3.47.